The average molecular weight is 1130 g/mol. The first-order valence-corrected chi connectivity index (χ1v) is 25.2. The van der Waals surface area contributed by atoms with Crippen LogP contribution in [-0.2, 0) is 22.3 Å². The van der Waals surface area contributed by atoms with E-state index in [1.54, 1.807) is 66.9 Å². The van der Waals surface area contributed by atoms with E-state index in [4.69, 9.17) is 74.6 Å². The first-order valence-electron chi connectivity index (χ1n) is 20.2. The van der Waals surface area contributed by atoms with E-state index in [0.29, 0.717) is 61.9 Å². The Morgan fingerprint density at radius 2 is 0.970 bits per heavy atom. The van der Waals surface area contributed by atoms with Gasteiger partial charge in [-0.05, 0) is 124 Å². The van der Waals surface area contributed by atoms with Crippen LogP contribution >= 0.6 is 109 Å². The van der Waals surface area contributed by atoms with E-state index in [0.717, 1.165) is 28.2 Å². The third-order valence-electron chi connectivity index (χ3n) is 11.0. The third kappa shape index (κ3) is 11.4. The van der Waals surface area contributed by atoms with Crippen molar-refractivity contribution in [2.24, 2.45) is 0 Å². The molecule has 0 unspecified atom stereocenters. The van der Waals surface area contributed by atoms with Gasteiger partial charge in [-0.15, -0.1) is 0 Å². The summed E-state index contributed by atoms with van der Waals surface area (Å²) < 4.78 is 60.6. The molecule has 2 aromatic heterocycles. The van der Waals surface area contributed by atoms with E-state index in [9.17, 15) is 17.6 Å². The van der Waals surface area contributed by atoms with Gasteiger partial charge in [0.25, 0.3) is 0 Å². The van der Waals surface area contributed by atoms with Crippen LogP contribution in [0.25, 0.3) is 11.4 Å². The third-order valence-corrected chi connectivity index (χ3v) is 15.7. The number of hydrogen-bond donors (Lipinski definition) is 0. The minimum Gasteiger partial charge on any atom is -0.291 e. The zero-order valence-electron chi connectivity index (χ0n) is 35.8. The molecule has 0 N–H and O–H groups in total. The van der Waals surface area contributed by atoms with Gasteiger partial charge in [-0.2, -0.15) is 0 Å². The summed E-state index contributed by atoms with van der Waals surface area (Å²) in [4.78, 5) is 9.37. The van der Waals surface area contributed by atoms with E-state index < -0.39 is 10.8 Å². The Morgan fingerprint density at radius 3 is 1.43 bits per heavy atom. The van der Waals surface area contributed by atoms with Crippen LogP contribution in [0.3, 0.4) is 0 Å². The fourth-order valence-corrected chi connectivity index (χ4v) is 11.5. The van der Waals surface area contributed by atoms with Gasteiger partial charge in [-0.25, -0.2) is 27.5 Å². The fourth-order valence-electron chi connectivity index (χ4n) is 7.22. The molecule has 8 rings (SSSR count). The van der Waals surface area contributed by atoms with Crippen LogP contribution in [0.1, 0.15) is 61.3 Å². The molecule has 0 radical (unpaired) electrons. The summed E-state index contributed by atoms with van der Waals surface area (Å²) in [5.41, 5.74) is 4.67. The van der Waals surface area contributed by atoms with Crippen LogP contribution in [0.15, 0.2) is 142 Å². The summed E-state index contributed by atoms with van der Waals surface area (Å²) >= 11 is 43.6. The van der Waals surface area contributed by atoms with Crippen LogP contribution in [0, 0.1) is 23.3 Å². The maximum absolute atomic E-state index is 14.4. The Kier molecular flexibility index (Phi) is 16.5. The number of nitrogens with zero attached hydrogens (tertiary/aromatic N) is 4. The quantitative estimate of drug-likeness (QED) is 0.0902. The largest absolute Gasteiger partial charge is 0.291 e. The highest BCUT2D eigenvalue weighted by atomic mass is 79.9. The minimum absolute atomic E-state index is 0.267. The van der Waals surface area contributed by atoms with Crippen molar-refractivity contribution in [2.75, 3.05) is 0 Å². The molecule has 0 saturated heterocycles. The van der Waals surface area contributed by atoms with Crippen LogP contribution in [0.5, 0.6) is 0 Å². The molecule has 2 heterocycles. The first kappa shape index (κ1) is 51.2. The van der Waals surface area contributed by atoms with Crippen molar-refractivity contribution in [3.63, 3.8) is 0 Å². The summed E-state index contributed by atoms with van der Waals surface area (Å²) in [6.07, 6.45) is 1.77. The van der Waals surface area contributed by atoms with Crippen LogP contribution in [0.2, 0.25) is 30.1 Å². The maximum atomic E-state index is 14.4. The Balaban J connectivity index is 0.000000199. The molecule has 0 amide bonds. The van der Waals surface area contributed by atoms with Gasteiger partial charge in [0, 0.05) is 54.9 Å². The standard InChI is InChI=1S/C25H18BrCl3F2N2S.C25H19Cl3F2N2S/c1-25(2,14-6-11-19(28)20(29)12-14)22-23(26)32-24(33(22)16-9-7-15(30)8-10-16)34-13-17-18(27)4-3-5-21(17)31;1-25(2,15-6-11-20(27)21(28)12-15)23-13-31-24(32(23)17-9-7-16(29)8-10-17)33-14-18-19(26)4-3-5-22(18)30/h3-12H,13H2,1-2H3;3-13H,14H2,1-2H3. The molecule has 0 aliphatic rings. The molecule has 8 aromatic rings. The van der Waals surface area contributed by atoms with Gasteiger partial charge in [-0.3, -0.25) is 9.13 Å². The number of rotatable bonds is 12. The highest BCUT2D eigenvalue weighted by Gasteiger charge is 2.34. The van der Waals surface area contributed by atoms with Crippen molar-refractivity contribution in [2.45, 2.75) is 60.3 Å². The van der Waals surface area contributed by atoms with Gasteiger partial charge in [-0.1, -0.05) is 145 Å². The molecule has 0 aliphatic carbocycles. The number of aromatic nitrogens is 4. The van der Waals surface area contributed by atoms with E-state index >= 15 is 0 Å². The highest BCUT2D eigenvalue weighted by Crippen LogP contribution is 2.43. The Hall–Kier alpha value is -3.62. The van der Waals surface area contributed by atoms with Gasteiger partial charge in [0.2, 0.25) is 0 Å². The van der Waals surface area contributed by atoms with Crippen molar-refractivity contribution in [3.05, 3.63) is 219 Å². The lowest BCUT2D eigenvalue weighted by Gasteiger charge is -2.28. The fraction of sp³-hybridized carbons (Fsp3) is 0.160. The molecule has 0 bridgehead atoms. The molecule has 0 aliphatic heterocycles. The molecule has 6 aromatic carbocycles. The monoisotopic (exact) mass is 1120 g/mol. The SMILES string of the molecule is CC(C)(c1ccc(Cl)c(Cl)c1)c1c(Br)nc(SCc2c(F)cccc2Cl)n1-c1ccc(F)cc1.CC(C)(c1ccc(Cl)c(Cl)c1)c1cnc(SCc2c(F)cccc2Cl)n1-c1ccc(F)cc1. The van der Waals surface area contributed by atoms with Crippen molar-refractivity contribution in [1.29, 1.82) is 0 Å². The maximum Gasteiger partial charge on any atom is 0.174 e. The van der Waals surface area contributed by atoms with E-state index in [2.05, 4.69) is 20.9 Å². The van der Waals surface area contributed by atoms with Gasteiger partial charge in [0.05, 0.1) is 37.7 Å². The molecule has 0 spiro atoms. The smallest absolute Gasteiger partial charge is 0.174 e. The minimum atomic E-state index is -0.580. The predicted molar refractivity (Wildman–Crippen MR) is 274 cm³/mol. The Morgan fingerprint density at radius 1 is 0.522 bits per heavy atom. The van der Waals surface area contributed by atoms with Crippen molar-refractivity contribution in [3.8, 4) is 11.4 Å². The highest BCUT2D eigenvalue weighted by molar-refractivity contribution is 9.10. The normalized spacial score (nSPS) is 11.7. The summed E-state index contributed by atoms with van der Waals surface area (Å²) in [5, 5.41) is 3.78. The van der Waals surface area contributed by atoms with Gasteiger partial charge in [0.15, 0.2) is 10.3 Å². The zero-order chi connectivity index (χ0) is 48.4. The van der Waals surface area contributed by atoms with Crippen LogP contribution < -0.4 is 0 Å². The summed E-state index contributed by atoms with van der Waals surface area (Å²) in [6.45, 7) is 8.17. The molecule has 17 heteroatoms. The number of halogens is 11. The van der Waals surface area contributed by atoms with Gasteiger partial charge >= 0.3 is 0 Å². The van der Waals surface area contributed by atoms with Gasteiger partial charge < -0.3 is 0 Å². The second-order valence-corrected chi connectivity index (χ2v) is 21.1. The second-order valence-electron chi connectivity index (χ2n) is 16.1. The number of hydrogen-bond acceptors (Lipinski definition) is 4. The zero-order valence-corrected chi connectivity index (χ0v) is 43.6. The van der Waals surface area contributed by atoms with E-state index in [-0.39, 0.29) is 34.8 Å². The lowest BCUT2D eigenvalue weighted by molar-refractivity contribution is 0.589. The Bertz CT molecular complexity index is 3030. The molecule has 0 saturated carbocycles. The Labute approximate surface area is 433 Å². The molecule has 346 valence electrons. The number of imidazole rings is 2. The lowest BCUT2D eigenvalue weighted by atomic mass is 9.81. The number of thioether (sulfide) groups is 2. The van der Waals surface area contributed by atoms with E-state index in [1.807, 2.05) is 61.1 Å². The molecule has 0 atom stereocenters. The summed E-state index contributed by atoms with van der Waals surface area (Å²) in [5.74, 6) is -0.877. The molecule has 4 nitrogen and oxygen atoms in total. The molecule has 67 heavy (non-hydrogen) atoms. The lowest BCUT2D eigenvalue weighted by Crippen LogP contribution is -2.23. The average Bonchev–Trinajstić information content (AvgIpc) is 3.87. The van der Waals surface area contributed by atoms with Crippen molar-refractivity contribution >= 4 is 109 Å². The van der Waals surface area contributed by atoms with E-state index in [1.165, 1.54) is 59.9 Å². The predicted octanol–water partition coefficient (Wildman–Crippen LogP) is 18.2. The topological polar surface area (TPSA) is 35.6 Å². The van der Waals surface area contributed by atoms with Crippen LogP contribution in [-0.4, -0.2) is 19.1 Å². The molecule has 0 fully saturated rings. The van der Waals surface area contributed by atoms with Crippen molar-refractivity contribution in [1.82, 2.24) is 19.1 Å². The van der Waals surface area contributed by atoms with Crippen LogP contribution in [0.4, 0.5) is 17.6 Å². The van der Waals surface area contributed by atoms with Gasteiger partial charge in [0.1, 0.15) is 27.9 Å². The second kappa shape index (κ2) is 21.6. The number of benzene rings is 6. The van der Waals surface area contributed by atoms with Crippen molar-refractivity contribution < 1.29 is 17.6 Å². The first-order chi connectivity index (χ1) is 31.8. The summed E-state index contributed by atoms with van der Waals surface area (Å²) in [7, 11) is 0. The summed E-state index contributed by atoms with van der Waals surface area (Å²) in [6, 6.07) is 32.5. The molecular weight excluding hydrogens is 1090 g/mol. The molecular formula is C50H37BrCl6F4N4S2.